The molecule has 1 saturated heterocycles. The molecule has 0 radical (unpaired) electrons. The number of hydrogen-bond acceptors (Lipinski definition) is 5. The first kappa shape index (κ1) is 23.7. The molecule has 0 unspecified atom stereocenters. The summed E-state index contributed by atoms with van der Waals surface area (Å²) in [4.78, 5) is 6.08. The normalized spacial score (nSPS) is 15.4. The summed E-state index contributed by atoms with van der Waals surface area (Å²) in [5.41, 5.74) is 4.33. The maximum Gasteiger partial charge on any atom is 0.247 e. The lowest BCUT2D eigenvalue weighted by atomic mass is 10.0. The summed E-state index contributed by atoms with van der Waals surface area (Å²) in [6.07, 6.45) is 0. The first-order chi connectivity index (χ1) is 15.1. The third-order valence-electron chi connectivity index (χ3n) is 5.55. The van der Waals surface area contributed by atoms with E-state index in [0.717, 1.165) is 22.5 Å². The summed E-state index contributed by atoms with van der Waals surface area (Å²) in [7, 11) is -4.22. The van der Waals surface area contributed by atoms with Crippen LogP contribution in [-0.2, 0) is 10.0 Å². The van der Waals surface area contributed by atoms with Crippen molar-refractivity contribution in [2.75, 3.05) is 31.1 Å². The van der Waals surface area contributed by atoms with Gasteiger partial charge in [0, 0.05) is 37.1 Å². The minimum atomic E-state index is -4.22. The zero-order valence-corrected chi connectivity index (χ0v) is 22.0. The fraction of sp³-hybridized carbons (Fsp3) is 0.286. The summed E-state index contributed by atoms with van der Waals surface area (Å²) < 4.78 is 55.3. The van der Waals surface area contributed by atoms with E-state index in [2.05, 4.69) is 51.8 Å². The van der Waals surface area contributed by atoms with Gasteiger partial charge in [-0.25, -0.2) is 22.2 Å². The number of rotatable bonds is 4. The lowest BCUT2D eigenvalue weighted by Gasteiger charge is -2.34. The number of halogens is 4. The highest BCUT2D eigenvalue weighted by Gasteiger charge is 2.35. The summed E-state index contributed by atoms with van der Waals surface area (Å²) >= 11 is 7.28. The Balaban J connectivity index is 1.53. The zero-order valence-electron chi connectivity index (χ0n) is 17.2. The quantitative estimate of drug-likeness (QED) is 0.355. The molecule has 0 saturated carbocycles. The van der Waals surface area contributed by atoms with Gasteiger partial charge < -0.3 is 4.90 Å². The Labute approximate surface area is 206 Å². The summed E-state index contributed by atoms with van der Waals surface area (Å²) in [5.74, 6) is -1.86. The number of nitrogens with zero attached hydrogens (tertiary/aromatic N) is 3. The monoisotopic (exact) mass is 605 g/mol. The Morgan fingerprint density at radius 2 is 1.78 bits per heavy atom. The minimum Gasteiger partial charge on any atom is -0.345 e. The van der Waals surface area contributed by atoms with Gasteiger partial charge in [0.2, 0.25) is 10.0 Å². The molecule has 2 heterocycles. The van der Waals surface area contributed by atoms with Gasteiger partial charge >= 0.3 is 0 Å². The number of thiazole rings is 1. The van der Waals surface area contributed by atoms with Gasteiger partial charge in [0.1, 0.15) is 10.7 Å². The van der Waals surface area contributed by atoms with E-state index in [4.69, 9.17) is 4.98 Å². The second-order valence-corrected chi connectivity index (χ2v) is 11.8. The second kappa shape index (κ2) is 9.09. The molecular weight excluding hydrogens is 588 g/mol. The van der Waals surface area contributed by atoms with Crippen LogP contribution in [0.4, 0.5) is 13.9 Å². The van der Waals surface area contributed by atoms with Crippen LogP contribution >= 0.6 is 43.2 Å². The van der Waals surface area contributed by atoms with Crippen LogP contribution < -0.4 is 4.90 Å². The fourth-order valence-corrected chi connectivity index (χ4v) is 7.46. The van der Waals surface area contributed by atoms with Gasteiger partial charge in [-0.15, -0.1) is 11.3 Å². The second-order valence-electron chi connectivity index (χ2n) is 7.45. The van der Waals surface area contributed by atoms with Gasteiger partial charge in [-0.1, -0.05) is 18.2 Å². The molecule has 0 amide bonds. The number of anilines is 1. The summed E-state index contributed by atoms with van der Waals surface area (Å²) in [6, 6.07) is 6.99. The van der Waals surface area contributed by atoms with Crippen LogP contribution in [0.1, 0.15) is 11.1 Å². The highest BCUT2D eigenvalue weighted by Crippen LogP contribution is 2.36. The van der Waals surface area contributed by atoms with E-state index in [1.165, 1.54) is 26.8 Å². The van der Waals surface area contributed by atoms with Gasteiger partial charge in [-0.2, -0.15) is 4.31 Å². The van der Waals surface area contributed by atoms with Crippen LogP contribution in [0.15, 0.2) is 43.5 Å². The lowest BCUT2D eigenvalue weighted by molar-refractivity contribution is 0.381. The first-order valence-electron chi connectivity index (χ1n) is 9.71. The van der Waals surface area contributed by atoms with Crippen molar-refractivity contribution in [2.24, 2.45) is 0 Å². The van der Waals surface area contributed by atoms with Crippen LogP contribution in [0.5, 0.6) is 0 Å². The molecule has 3 aromatic rings. The van der Waals surface area contributed by atoms with E-state index < -0.39 is 31.0 Å². The first-order valence-corrected chi connectivity index (χ1v) is 13.6. The lowest BCUT2D eigenvalue weighted by Crippen LogP contribution is -2.48. The molecule has 1 aliphatic heterocycles. The van der Waals surface area contributed by atoms with Crippen molar-refractivity contribution < 1.29 is 17.2 Å². The SMILES string of the molecule is Cc1cccc(-c2csc(N3CCN(S(=O)(=O)c4c(F)c(Br)cc(F)c4Br)CC3)n2)c1C. The average molecular weight is 607 g/mol. The van der Waals surface area contributed by atoms with E-state index in [1.807, 2.05) is 22.4 Å². The molecule has 0 N–H and O–H groups in total. The third kappa shape index (κ3) is 4.25. The molecule has 11 heteroatoms. The maximum atomic E-state index is 14.6. The Bertz CT molecular complexity index is 1260. The highest BCUT2D eigenvalue weighted by molar-refractivity contribution is 9.11. The van der Waals surface area contributed by atoms with Gasteiger partial charge in [-0.05, 0) is 62.9 Å². The van der Waals surface area contributed by atoms with Crippen molar-refractivity contribution in [1.29, 1.82) is 0 Å². The molecule has 1 aromatic heterocycles. The predicted molar refractivity (Wildman–Crippen MR) is 130 cm³/mol. The van der Waals surface area contributed by atoms with Gasteiger partial charge in [0.05, 0.1) is 14.6 Å². The van der Waals surface area contributed by atoms with Crippen LogP contribution in [0, 0.1) is 25.5 Å². The van der Waals surface area contributed by atoms with Crippen LogP contribution in [0.3, 0.4) is 0 Å². The molecule has 0 atom stereocenters. The van der Waals surface area contributed by atoms with Gasteiger partial charge in [0.15, 0.2) is 10.9 Å². The minimum absolute atomic E-state index is 0.140. The third-order valence-corrected chi connectivity index (χ3v) is 10.0. The molecule has 2 aromatic carbocycles. The topological polar surface area (TPSA) is 53.5 Å². The standard InChI is InChI=1S/C21H19Br2F2N3O2S2/c1-12-4-3-5-14(13(12)2)17-11-31-21(26-17)27-6-8-28(9-7-27)32(29,30)20-18(23)16(24)10-15(22)19(20)25/h3-5,10-11H,6-9H2,1-2H3. The number of hydrogen-bond donors (Lipinski definition) is 0. The predicted octanol–water partition coefficient (Wildman–Crippen LogP) is 5.74. The molecule has 0 bridgehead atoms. The molecule has 0 spiro atoms. The fourth-order valence-electron chi connectivity index (χ4n) is 3.59. The largest absolute Gasteiger partial charge is 0.345 e. The van der Waals surface area contributed by atoms with Crippen LogP contribution in [0.25, 0.3) is 11.3 Å². The number of piperazine rings is 1. The molecule has 32 heavy (non-hydrogen) atoms. The molecule has 4 rings (SSSR count). The number of aryl methyl sites for hydroxylation is 1. The Hall–Kier alpha value is -1.40. The number of aromatic nitrogens is 1. The molecule has 5 nitrogen and oxygen atoms in total. The highest BCUT2D eigenvalue weighted by atomic mass is 79.9. The number of sulfonamides is 1. The van der Waals surface area contributed by atoms with Crippen LogP contribution in [-0.4, -0.2) is 43.9 Å². The summed E-state index contributed by atoms with van der Waals surface area (Å²) in [5, 5.41) is 2.80. The zero-order chi connectivity index (χ0) is 23.2. The van der Waals surface area contributed by atoms with Crippen molar-refractivity contribution in [1.82, 2.24) is 9.29 Å². The van der Waals surface area contributed by atoms with Gasteiger partial charge in [0.25, 0.3) is 0 Å². The average Bonchev–Trinajstić information content (AvgIpc) is 3.24. The van der Waals surface area contributed by atoms with Gasteiger partial charge in [-0.3, -0.25) is 0 Å². The van der Waals surface area contributed by atoms with E-state index in [-0.39, 0.29) is 17.6 Å². The van der Waals surface area contributed by atoms with E-state index in [1.54, 1.807) is 0 Å². The number of benzene rings is 2. The molecule has 170 valence electrons. The van der Waals surface area contributed by atoms with Crippen molar-refractivity contribution in [3.8, 4) is 11.3 Å². The van der Waals surface area contributed by atoms with Crippen molar-refractivity contribution >= 4 is 58.4 Å². The molecular formula is C21H19Br2F2N3O2S2. The maximum absolute atomic E-state index is 14.6. The Kier molecular flexibility index (Phi) is 6.75. The van der Waals surface area contributed by atoms with E-state index >= 15 is 0 Å². The van der Waals surface area contributed by atoms with E-state index in [9.17, 15) is 17.2 Å². The Morgan fingerprint density at radius 3 is 2.47 bits per heavy atom. The molecule has 0 aliphatic carbocycles. The van der Waals surface area contributed by atoms with E-state index in [0.29, 0.717) is 13.1 Å². The van der Waals surface area contributed by atoms with Crippen molar-refractivity contribution in [2.45, 2.75) is 18.7 Å². The van der Waals surface area contributed by atoms with Crippen molar-refractivity contribution in [3.63, 3.8) is 0 Å². The molecule has 1 fully saturated rings. The Morgan fingerprint density at radius 1 is 1.09 bits per heavy atom. The summed E-state index contributed by atoms with van der Waals surface area (Å²) in [6.45, 7) is 5.20. The smallest absolute Gasteiger partial charge is 0.247 e. The molecule has 1 aliphatic rings. The van der Waals surface area contributed by atoms with Crippen molar-refractivity contribution in [3.05, 3.63) is 61.4 Å². The van der Waals surface area contributed by atoms with Crippen LogP contribution in [0.2, 0.25) is 0 Å².